The molecule has 90 valence electrons. The van der Waals surface area contributed by atoms with Crippen LogP contribution < -0.4 is 4.90 Å². The molecule has 4 nitrogen and oxygen atoms in total. The second-order valence-corrected chi connectivity index (χ2v) is 4.66. The molecule has 0 unspecified atom stereocenters. The maximum Gasteiger partial charge on any atom is 0.204 e. The van der Waals surface area contributed by atoms with Crippen LogP contribution in [-0.2, 0) is 0 Å². The molecule has 1 aliphatic rings. The third-order valence-electron chi connectivity index (χ3n) is 3.36. The molecule has 2 aromatic rings. The van der Waals surface area contributed by atoms with Crippen molar-refractivity contribution in [2.24, 2.45) is 0 Å². The van der Waals surface area contributed by atoms with Gasteiger partial charge in [0.2, 0.25) is 5.95 Å². The molecule has 2 N–H and O–H groups in total. The number of β-amino-alcohol motifs (C(OH)–C–C–N with tert-alkyl or cyclic N) is 1. The minimum Gasteiger partial charge on any atom is -0.386 e. The van der Waals surface area contributed by atoms with E-state index in [1.165, 1.54) is 12.1 Å². The molecular formula is C12H14FN3O. The lowest BCUT2D eigenvalue weighted by molar-refractivity contribution is 0.00768. The van der Waals surface area contributed by atoms with Crippen LogP contribution >= 0.6 is 0 Å². The van der Waals surface area contributed by atoms with Crippen molar-refractivity contribution < 1.29 is 9.50 Å². The zero-order valence-corrected chi connectivity index (χ0v) is 9.57. The second kappa shape index (κ2) is 3.43. The first-order chi connectivity index (χ1) is 8.09. The molecule has 1 fully saturated rings. The fraction of sp³-hybridized carbons (Fsp3) is 0.417. The predicted octanol–water partition coefficient (Wildman–Crippen LogP) is 1.66. The lowest BCUT2D eigenvalue weighted by Gasteiger charge is -2.45. The number of fused-ring (bicyclic) bond motifs is 1. The van der Waals surface area contributed by atoms with Crippen molar-refractivity contribution in [2.75, 3.05) is 18.0 Å². The van der Waals surface area contributed by atoms with Gasteiger partial charge in [0.15, 0.2) is 0 Å². The number of aromatic amines is 1. The normalized spacial score (nSPS) is 18.4. The van der Waals surface area contributed by atoms with Gasteiger partial charge in [-0.3, -0.25) is 0 Å². The van der Waals surface area contributed by atoms with E-state index >= 15 is 0 Å². The third kappa shape index (κ3) is 1.67. The minimum absolute atomic E-state index is 0.277. The number of anilines is 1. The summed E-state index contributed by atoms with van der Waals surface area (Å²) < 4.78 is 13.0. The SMILES string of the molecule is CCC1(O)CN(c2nc3ccc(F)cc3[nH]2)C1. The highest BCUT2D eigenvalue weighted by molar-refractivity contribution is 5.77. The van der Waals surface area contributed by atoms with Gasteiger partial charge >= 0.3 is 0 Å². The van der Waals surface area contributed by atoms with E-state index in [-0.39, 0.29) is 5.82 Å². The van der Waals surface area contributed by atoms with Gasteiger partial charge in [0.25, 0.3) is 0 Å². The van der Waals surface area contributed by atoms with Gasteiger partial charge in [0, 0.05) is 0 Å². The predicted molar refractivity (Wildman–Crippen MR) is 63.5 cm³/mol. The standard InChI is InChI=1S/C12H14FN3O/c1-2-12(17)6-16(7-12)11-14-9-4-3-8(13)5-10(9)15-11/h3-5,17H,2,6-7H2,1H3,(H,14,15). The van der Waals surface area contributed by atoms with Crippen molar-refractivity contribution in [2.45, 2.75) is 18.9 Å². The van der Waals surface area contributed by atoms with Crippen LogP contribution in [0.1, 0.15) is 13.3 Å². The molecule has 1 aromatic carbocycles. The van der Waals surface area contributed by atoms with Crippen LogP contribution in [0.15, 0.2) is 18.2 Å². The number of aromatic nitrogens is 2. The Morgan fingerprint density at radius 2 is 2.29 bits per heavy atom. The van der Waals surface area contributed by atoms with Crippen molar-refractivity contribution in [3.05, 3.63) is 24.0 Å². The van der Waals surface area contributed by atoms with Crippen LogP contribution in [0.3, 0.4) is 0 Å². The molecule has 17 heavy (non-hydrogen) atoms. The van der Waals surface area contributed by atoms with Crippen LogP contribution in [0.2, 0.25) is 0 Å². The maximum atomic E-state index is 13.0. The number of nitrogens with zero attached hydrogens (tertiary/aromatic N) is 2. The third-order valence-corrected chi connectivity index (χ3v) is 3.36. The van der Waals surface area contributed by atoms with E-state index in [2.05, 4.69) is 9.97 Å². The van der Waals surface area contributed by atoms with E-state index in [9.17, 15) is 9.50 Å². The van der Waals surface area contributed by atoms with Crippen molar-refractivity contribution in [3.63, 3.8) is 0 Å². The number of hydrogen-bond acceptors (Lipinski definition) is 3. The number of imidazole rings is 1. The number of halogens is 1. The Labute approximate surface area is 98.1 Å². The zero-order chi connectivity index (χ0) is 12.0. The second-order valence-electron chi connectivity index (χ2n) is 4.66. The average molecular weight is 235 g/mol. The van der Waals surface area contributed by atoms with Crippen LogP contribution in [-0.4, -0.2) is 33.8 Å². The van der Waals surface area contributed by atoms with E-state index in [1.54, 1.807) is 6.07 Å². The molecule has 1 saturated heterocycles. The van der Waals surface area contributed by atoms with Gasteiger partial charge < -0.3 is 15.0 Å². The van der Waals surface area contributed by atoms with Gasteiger partial charge in [0.05, 0.1) is 29.7 Å². The highest BCUT2D eigenvalue weighted by atomic mass is 19.1. The van der Waals surface area contributed by atoms with Crippen molar-refractivity contribution in [1.29, 1.82) is 0 Å². The first-order valence-corrected chi connectivity index (χ1v) is 5.72. The molecule has 0 aliphatic carbocycles. The summed E-state index contributed by atoms with van der Waals surface area (Å²) >= 11 is 0. The van der Waals surface area contributed by atoms with Gasteiger partial charge in [-0.2, -0.15) is 0 Å². The minimum atomic E-state index is -0.593. The Bertz CT molecular complexity index is 560. The summed E-state index contributed by atoms with van der Waals surface area (Å²) in [5, 5.41) is 9.93. The Hall–Kier alpha value is -1.62. The molecule has 0 radical (unpaired) electrons. The van der Waals surface area contributed by atoms with Crippen molar-refractivity contribution in [1.82, 2.24) is 9.97 Å². The lowest BCUT2D eigenvalue weighted by atomic mass is 9.92. The fourth-order valence-corrected chi connectivity index (χ4v) is 2.16. The highest BCUT2D eigenvalue weighted by Crippen LogP contribution is 2.29. The van der Waals surface area contributed by atoms with Crippen molar-refractivity contribution in [3.8, 4) is 0 Å². The van der Waals surface area contributed by atoms with Crippen LogP contribution in [0.4, 0.5) is 10.3 Å². The summed E-state index contributed by atoms with van der Waals surface area (Å²) in [6, 6.07) is 4.47. The smallest absolute Gasteiger partial charge is 0.204 e. The van der Waals surface area contributed by atoms with Gasteiger partial charge in [-0.1, -0.05) is 6.92 Å². The van der Waals surface area contributed by atoms with E-state index in [0.29, 0.717) is 24.6 Å². The number of H-pyrrole nitrogens is 1. The molecule has 0 saturated carbocycles. The van der Waals surface area contributed by atoms with E-state index in [0.717, 1.165) is 11.9 Å². The zero-order valence-electron chi connectivity index (χ0n) is 9.57. The molecule has 0 bridgehead atoms. The lowest BCUT2D eigenvalue weighted by Crippen LogP contribution is -2.62. The van der Waals surface area contributed by atoms with Gasteiger partial charge in [0.1, 0.15) is 5.82 Å². The number of nitrogens with one attached hydrogen (secondary N) is 1. The highest BCUT2D eigenvalue weighted by Gasteiger charge is 2.40. The molecular weight excluding hydrogens is 221 g/mol. The summed E-state index contributed by atoms with van der Waals surface area (Å²) in [4.78, 5) is 9.39. The molecule has 1 aliphatic heterocycles. The summed E-state index contributed by atoms with van der Waals surface area (Å²) in [5.74, 6) is 0.421. The monoisotopic (exact) mass is 235 g/mol. The number of aliphatic hydroxyl groups is 1. The summed E-state index contributed by atoms with van der Waals surface area (Å²) in [5.41, 5.74) is 0.838. The van der Waals surface area contributed by atoms with Gasteiger partial charge in [-0.25, -0.2) is 9.37 Å². The maximum absolute atomic E-state index is 13.0. The first kappa shape index (κ1) is 10.5. The first-order valence-electron chi connectivity index (χ1n) is 5.72. The summed E-state index contributed by atoms with van der Waals surface area (Å²) in [6.45, 7) is 3.11. The Morgan fingerprint density at radius 3 is 3.00 bits per heavy atom. The Kier molecular flexibility index (Phi) is 2.13. The van der Waals surface area contributed by atoms with Gasteiger partial charge in [-0.05, 0) is 24.6 Å². The molecule has 5 heteroatoms. The molecule has 2 heterocycles. The molecule has 0 amide bonds. The van der Waals surface area contributed by atoms with Crippen molar-refractivity contribution >= 4 is 17.0 Å². The van der Waals surface area contributed by atoms with Crippen LogP contribution in [0.25, 0.3) is 11.0 Å². The van der Waals surface area contributed by atoms with Crippen LogP contribution in [0, 0.1) is 5.82 Å². The fourth-order valence-electron chi connectivity index (χ4n) is 2.16. The Balaban J connectivity index is 1.88. The van der Waals surface area contributed by atoms with E-state index in [1.807, 2.05) is 11.8 Å². The van der Waals surface area contributed by atoms with E-state index in [4.69, 9.17) is 0 Å². The summed E-state index contributed by atoms with van der Waals surface area (Å²) in [7, 11) is 0. The number of rotatable bonds is 2. The van der Waals surface area contributed by atoms with Gasteiger partial charge in [-0.15, -0.1) is 0 Å². The average Bonchev–Trinajstić information content (AvgIpc) is 2.67. The molecule has 0 atom stereocenters. The van der Waals surface area contributed by atoms with Crippen LogP contribution in [0.5, 0.6) is 0 Å². The largest absolute Gasteiger partial charge is 0.386 e. The number of hydrogen-bond donors (Lipinski definition) is 2. The quantitative estimate of drug-likeness (QED) is 0.832. The topological polar surface area (TPSA) is 52.1 Å². The molecule has 0 spiro atoms. The Morgan fingerprint density at radius 1 is 1.53 bits per heavy atom. The molecule has 1 aromatic heterocycles. The number of benzene rings is 1. The summed E-state index contributed by atoms with van der Waals surface area (Å²) in [6.07, 6.45) is 0.734. The molecule has 3 rings (SSSR count). The van der Waals surface area contributed by atoms with E-state index < -0.39 is 5.60 Å².